The van der Waals surface area contributed by atoms with Crippen LogP contribution in [0.1, 0.15) is 49.1 Å². The van der Waals surface area contributed by atoms with E-state index in [1.54, 1.807) is 0 Å². The van der Waals surface area contributed by atoms with Gasteiger partial charge in [-0.25, -0.2) is 22.7 Å². The molecule has 11 heteroatoms. The zero-order chi connectivity index (χ0) is 33.6. The van der Waals surface area contributed by atoms with Crippen molar-refractivity contribution in [3.8, 4) is 11.1 Å². The molecular weight excluding hydrogens is 620 g/mol. The second-order valence-electron chi connectivity index (χ2n) is 11.8. The number of fused-ring (bicyclic) bond motifs is 1. The topological polar surface area (TPSA) is 158 Å². The van der Waals surface area contributed by atoms with Crippen LogP contribution >= 0.6 is 0 Å². The van der Waals surface area contributed by atoms with Crippen LogP contribution in [0.2, 0.25) is 0 Å². The van der Waals surface area contributed by atoms with Crippen LogP contribution in [-0.2, 0) is 35.6 Å². The number of nitrogens with one attached hydrogen (secondary N) is 1. The lowest BCUT2D eigenvalue weighted by Crippen LogP contribution is -2.42. The van der Waals surface area contributed by atoms with Crippen molar-refractivity contribution < 1.29 is 37.8 Å². The lowest BCUT2D eigenvalue weighted by atomic mass is 9.76. The van der Waals surface area contributed by atoms with E-state index in [-0.39, 0.29) is 36.2 Å². The van der Waals surface area contributed by atoms with E-state index in [9.17, 15) is 32.7 Å². The molecule has 1 fully saturated rings. The van der Waals surface area contributed by atoms with Crippen LogP contribution in [0, 0.1) is 5.92 Å². The van der Waals surface area contributed by atoms with Gasteiger partial charge in [0, 0.05) is 19.0 Å². The summed E-state index contributed by atoms with van der Waals surface area (Å²) in [7, 11) is -4.39. The van der Waals surface area contributed by atoms with Crippen LogP contribution in [-0.4, -0.2) is 60.4 Å². The molecule has 1 aliphatic carbocycles. The number of carbonyl (C=O) groups is 4. The van der Waals surface area contributed by atoms with E-state index in [0.717, 1.165) is 59.6 Å². The molecule has 0 spiro atoms. The molecule has 0 radical (unpaired) electrons. The van der Waals surface area contributed by atoms with Gasteiger partial charge in [0.05, 0.1) is 4.90 Å². The molecular formula is C36H36N2O8S. The Morgan fingerprint density at radius 1 is 0.787 bits per heavy atom. The normalized spacial score (nSPS) is 14.3. The summed E-state index contributed by atoms with van der Waals surface area (Å²) in [4.78, 5) is 48.0. The molecule has 0 aromatic heterocycles. The minimum Gasteiger partial charge on any atom is -0.474 e. The third kappa shape index (κ3) is 8.04. The lowest BCUT2D eigenvalue weighted by Gasteiger charge is -2.34. The van der Waals surface area contributed by atoms with Gasteiger partial charge in [-0.1, -0.05) is 98.1 Å². The van der Waals surface area contributed by atoms with Crippen LogP contribution in [0.3, 0.4) is 0 Å². The standard InChI is InChI=1S/C36H36N2O8S/c39-33(35(41)42)37-47(45,46)29-19-13-24(14-20-29)21-22-38(34(40)36(43)44)23-32(26-7-2-1-3-8-26)28-17-15-27(16-18-28)31-12-6-10-25-9-4-5-11-30(25)31/h4-6,9-20,26,32H,1-3,7-8,21-23H2,(H,37,39)(H,41,42)(H,43,44). The maximum atomic E-state index is 13.0. The maximum absolute atomic E-state index is 13.0. The summed E-state index contributed by atoms with van der Waals surface area (Å²) >= 11 is 0. The first-order valence-corrected chi connectivity index (χ1v) is 17.0. The fraction of sp³-hybridized carbons (Fsp3) is 0.278. The van der Waals surface area contributed by atoms with Crippen molar-refractivity contribution in [3.63, 3.8) is 0 Å². The number of rotatable bonds is 10. The molecule has 47 heavy (non-hydrogen) atoms. The highest BCUT2D eigenvalue weighted by atomic mass is 32.2. The van der Waals surface area contributed by atoms with E-state index in [0.29, 0.717) is 5.56 Å². The molecule has 2 amide bonds. The van der Waals surface area contributed by atoms with Crippen molar-refractivity contribution in [2.75, 3.05) is 13.1 Å². The lowest BCUT2D eigenvalue weighted by molar-refractivity contribution is -0.156. The van der Waals surface area contributed by atoms with Gasteiger partial charge in [0.15, 0.2) is 0 Å². The molecule has 244 valence electrons. The van der Waals surface area contributed by atoms with E-state index in [1.165, 1.54) is 33.9 Å². The minimum absolute atomic E-state index is 0.0782. The van der Waals surface area contributed by atoms with Crippen molar-refractivity contribution in [3.05, 3.63) is 102 Å². The average molecular weight is 657 g/mol. The number of carbonyl (C=O) groups excluding carboxylic acids is 2. The summed E-state index contributed by atoms with van der Waals surface area (Å²) in [6.45, 7) is 0.307. The molecule has 5 rings (SSSR count). The number of nitrogens with zero attached hydrogens (tertiary/aromatic N) is 1. The number of sulfonamides is 1. The molecule has 10 nitrogen and oxygen atoms in total. The second-order valence-corrected chi connectivity index (χ2v) is 13.5. The van der Waals surface area contributed by atoms with Crippen molar-refractivity contribution in [2.45, 2.75) is 49.3 Å². The highest BCUT2D eigenvalue weighted by Gasteiger charge is 2.31. The maximum Gasteiger partial charge on any atom is 0.395 e. The first-order chi connectivity index (χ1) is 22.5. The van der Waals surface area contributed by atoms with E-state index in [1.807, 2.05) is 18.2 Å². The summed E-state index contributed by atoms with van der Waals surface area (Å²) in [5.74, 6) is -5.95. The van der Waals surface area contributed by atoms with Crippen molar-refractivity contribution in [2.24, 2.45) is 5.92 Å². The summed E-state index contributed by atoms with van der Waals surface area (Å²) in [6.07, 6.45) is 5.51. The van der Waals surface area contributed by atoms with E-state index in [4.69, 9.17) is 5.11 Å². The highest BCUT2D eigenvalue weighted by Crippen LogP contribution is 2.38. The zero-order valence-corrected chi connectivity index (χ0v) is 26.5. The first kappa shape index (κ1) is 33.3. The molecule has 3 N–H and O–H groups in total. The molecule has 1 saturated carbocycles. The van der Waals surface area contributed by atoms with Crippen molar-refractivity contribution >= 4 is 44.5 Å². The Labute approximate surface area is 273 Å². The number of hydrogen-bond acceptors (Lipinski definition) is 6. The molecule has 1 atom stereocenters. The Morgan fingerprint density at radius 2 is 1.45 bits per heavy atom. The number of carboxylic acid groups (broad SMARTS) is 2. The third-order valence-electron chi connectivity index (χ3n) is 8.87. The third-order valence-corrected chi connectivity index (χ3v) is 10.2. The van der Waals surface area contributed by atoms with Gasteiger partial charge in [0.2, 0.25) is 0 Å². The summed E-state index contributed by atoms with van der Waals surface area (Å²) in [5, 5.41) is 20.7. The molecule has 4 aromatic carbocycles. The SMILES string of the molecule is O=C(O)C(=O)NS(=O)(=O)c1ccc(CCN(CC(c2ccc(-c3cccc4ccccc34)cc2)C2CCCCC2)C(=O)C(=O)O)cc1. The van der Waals surface area contributed by atoms with Gasteiger partial charge in [-0.2, -0.15) is 0 Å². The molecule has 0 heterocycles. The van der Waals surface area contributed by atoms with Gasteiger partial charge in [-0.3, -0.25) is 9.59 Å². The van der Waals surface area contributed by atoms with Crippen LogP contribution in [0.4, 0.5) is 0 Å². The predicted molar refractivity (Wildman–Crippen MR) is 176 cm³/mol. The Hall–Kier alpha value is -5.03. The van der Waals surface area contributed by atoms with Gasteiger partial charge in [-0.05, 0) is 70.3 Å². The van der Waals surface area contributed by atoms with E-state index in [2.05, 4.69) is 48.5 Å². The van der Waals surface area contributed by atoms with Gasteiger partial charge in [-0.15, -0.1) is 0 Å². The van der Waals surface area contributed by atoms with Crippen LogP contribution in [0.5, 0.6) is 0 Å². The molecule has 4 aromatic rings. The molecule has 0 bridgehead atoms. The number of hydrogen-bond donors (Lipinski definition) is 3. The first-order valence-electron chi connectivity index (χ1n) is 15.5. The number of benzene rings is 4. The molecule has 1 aliphatic rings. The quantitative estimate of drug-likeness (QED) is 0.196. The summed E-state index contributed by atoms with van der Waals surface area (Å²) in [6, 6.07) is 28.2. The largest absolute Gasteiger partial charge is 0.474 e. The fourth-order valence-electron chi connectivity index (χ4n) is 6.42. The molecule has 1 unspecified atom stereocenters. The predicted octanol–water partition coefficient (Wildman–Crippen LogP) is 5.22. The fourth-order valence-corrected chi connectivity index (χ4v) is 7.37. The zero-order valence-electron chi connectivity index (χ0n) is 25.7. The monoisotopic (exact) mass is 656 g/mol. The van der Waals surface area contributed by atoms with Crippen LogP contribution < -0.4 is 4.72 Å². The van der Waals surface area contributed by atoms with Gasteiger partial charge in [0.1, 0.15) is 0 Å². The van der Waals surface area contributed by atoms with Gasteiger partial charge >= 0.3 is 23.8 Å². The Balaban J connectivity index is 1.36. The van der Waals surface area contributed by atoms with E-state index >= 15 is 0 Å². The van der Waals surface area contributed by atoms with Crippen LogP contribution in [0.15, 0.2) is 95.9 Å². The number of carboxylic acids is 2. The van der Waals surface area contributed by atoms with Gasteiger partial charge < -0.3 is 15.1 Å². The average Bonchev–Trinajstić information content (AvgIpc) is 3.08. The van der Waals surface area contributed by atoms with Gasteiger partial charge in [0.25, 0.3) is 10.0 Å². The Kier molecular flexibility index (Phi) is 10.4. The molecule has 0 saturated heterocycles. The smallest absolute Gasteiger partial charge is 0.395 e. The van der Waals surface area contributed by atoms with Crippen LogP contribution in [0.25, 0.3) is 21.9 Å². The second kappa shape index (κ2) is 14.6. The number of aliphatic carboxylic acids is 2. The van der Waals surface area contributed by atoms with Crippen molar-refractivity contribution in [1.82, 2.24) is 9.62 Å². The summed E-state index contributed by atoms with van der Waals surface area (Å²) < 4.78 is 26.2. The van der Waals surface area contributed by atoms with E-state index < -0.39 is 33.8 Å². The molecule has 0 aliphatic heterocycles. The van der Waals surface area contributed by atoms with Crippen molar-refractivity contribution in [1.29, 1.82) is 0 Å². The highest BCUT2D eigenvalue weighted by molar-refractivity contribution is 7.90. The summed E-state index contributed by atoms with van der Waals surface area (Å²) in [5.41, 5.74) is 3.86. The Bertz CT molecular complexity index is 1880. The number of amides is 2. The minimum atomic E-state index is -4.39. The Morgan fingerprint density at radius 3 is 2.11 bits per heavy atom.